The van der Waals surface area contributed by atoms with Crippen molar-refractivity contribution >= 4 is 22.4 Å². The number of carbonyl (C=O) groups excluding carboxylic acids is 1. The minimum atomic E-state index is -0.758. The van der Waals surface area contributed by atoms with Crippen LogP contribution in [0.2, 0.25) is 0 Å². The van der Waals surface area contributed by atoms with Gasteiger partial charge in [0.25, 0.3) is 0 Å². The maximum absolute atomic E-state index is 11.9. The number of hydrogen-bond donors (Lipinski definition) is 1. The van der Waals surface area contributed by atoms with Crippen LogP contribution in [0.3, 0.4) is 0 Å². The Morgan fingerprint density at radius 3 is 2.82 bits per heavy atom. The number of nitrogens with one attached hydrogen (secondary N) is 1. The van der Waals surface area contributed by atoms with Crippen molar-refractivity contribution in [2.45, 2.75) is 38.5 Å². The Labute approximate surface area is 104 Å². The SMILES string of the molecule is N#CC1(C(=O)Nc2nc3c(s2)CCCC3)CC1. The molecule has 0 radical (unpaired) electrons. The lowest BCUT2D eigenvalue weighted by Gasteiger charge is -2.06. The first-order valence-corrected chi connectivity index (χ1v) is 6.76. The van der Waals surface area contributed by atoms with Crippen molar-refractivity contribution in [2.24, 2.45) is 5.41 Å². The Balaban J connectivity index is 1.75. The molecule has 3 rings (SSSR count). The molecule has 2 aliphatic carbocycles. The minimum absolute atomic E-state index is 0.175. The van der Waals surface area contributed by atoms with Crippen molar-refractivity contribution in [3.8, 4) is 6.07 Å². The summed E-state index contributed by atoms with van der Waals surface area (Å²) in [6.45, 7) is 0. The number of aryl methyl sites for hydroxylation is 2. The molecule has 1 saturated carbocycles. The van der Waals surface area contributed by atoms with Gasteiger partial charge in [0, 0.05) is 4.88 Å². The first-order valence-electron chi connectivity index (χ1n) is 5.95. The maximum atomic E-state index is 11.9. The van der Waals surface area contributed by atoms with Crippen LogP contribution in [0.1, 0.15) is 36.3 Å². The van der Waals surface area contributed by atoms with Crippen LogP contribution in [0.5, 0.6) is 0 Å². The molecule has 4 nitrogen and oxygen atoms in total. The largest absolute Gasteiger partial charge is 0.301 e. The second-order valence-corrected chi connectivity index (χ2v) is 5.83. The van der Waals surface area contributed by atoms with Crippen LogP contribution in [-0.4, -0.2) is 10.9 Å². The number of carbonyl (C=O) groups is 1. The zero-order valence-electron chi connectivity index (χ0n) is 9.45. The lowest BCUT2D eigenvalue weighted by atomic mass is 10.0. The molecule has 88 valence electrons. The fraction of sp³-hybridized carbons (Fsp3) is 0.583. The van der Waals surface area contributed by atoms with Crippen LogP contribution in [0.25, 0.3) is 0 Å². The summed E-state index contributed by atoms with van der Waals surface area (Å²) in [7, 11) is 0. The Morgan fingerprint density at radius 1 is 1.41 bits per heavy atom. The highest BCUT2D eigenvalue weighted by molar-refractivity contribution is 7.15. The molecule has 0 atom stereocenters. The standard InChI is InChI=1S/C12H13N3OS/c13-7-12(5-6-12)10(16)15-11-14-8-3-1-2-4-9(8)17-11/h1-6H2,(H,14,15,16). The second-order valence-electron chi connectivity index (χ2n) is 4.74. The summed E-state index contributed by atoms with van der Waals surface area (Å²) in [6.07, 6.45) is 5.86. The Morgan fingerprint density at radius 2 is 2.18 bits per heavy atom. The van der Waals surface area contributed by atoms with E-state index in [1.807, 2.05) is 0 Å². The molecule has 1 aromatic heterocycles. The third-order valence-electron chi connectivity index (χ3n) is 3.46. The van der Waals surface area contributed by atoms with E-state index in [4.69, 9.17) is 5.26 Å². The minimum Gasteiger partial charge on any atom is -0.301 e. The van der Waals surface area contributed by atoms with Gasteiger partial charge in [-0.3, -0.25) is 4.79 Å². The van der Waals surface area contributed by atoms with Crippen molar-refractivity contribution in [2.75, 3.05) is 5.32 Å². The highest BCUT2D eigenvalue weighted by atomic mass is 32.1. The molecule has 17 heavy (non-hydrogen) atoms. The van der Waals surface area contributed by atoms with Crippen LogP contribution in [0, 0.1) is 16.7 Å². The maximum Gasteiger partial charge on any atom is 0.246 e. The van der Waals surface area contributed by atoms with Crippen LogP contribution in [0.4, 0.5) is 5.13 Å². The van der Waals surface area contributed by atoms with Gasteiger partial charge in [-0.05, 0) is 38.5 Å². The molecule has 1 N–H and O–H groups in total. The first-order chi connectivity index (χ1) is 8.23. The summed E-state index contributed by atoms with van der Waals surface area (Å²) >= 11 is 1.57. The molecule has 1 fully saturated rings. The van der Waals surface area contributed by atoms with Crippen molar-refractivity contribution < 1.29 is 4.79 Å². The van der Waals surface area contributed by atoms with Crippen molar-refractivity contribution in [1.29, 1.82) is 5.26 Å². The van der Waals surface area contributed by atoms with E-state index in [9.17, 15) is 4.79 Å². The molecule has 5 heteroatoms. The van der Waals surface area contributed by atoms with E-state index >= 15 is 0 Å². The number of nitrogens with zero attached hydrogens (tertiary/aromatic N) is 2. The van der Waals surface area contributed by atoms with Gasteiger partial charge in [0.2, 0.25) is 5.91 Å². The average molecular weight is 247 g/mol. The van der Waals surface area contributed by atoms with Gasteiger partial charge < -0.3 is 5.32 Å². The van der Waals surface area contributed by atoms with Gasteiger partial charge in [-0.15, -0.1) is 11.3 Å². The van der Waals surface area contributed by atoms with Crippen LogP contribution in [0.15, 0.2) is 0 Å². The first kappa shape index (κ1) is 10.7. The average Bonchev–Trinajstić information content (AvgIpc) is 3.04. The molecule has 1 aromatic rings. The molecular formula is C12H13N3OS. The van der Waals surface area contributed by atoms with Gasteiger partial charge in [0.15, 0.2) is 5.13 Å². The highest BCUT2D eigenvalue weighted by Crippen LogP contribution is 2.46. The molecule has 1 heterocycles. The summed E-state index contributed by atoms with van der Waals surface area (Å²) in [5.74, 6) is -0.175. The van der Waals surface area contributed by atoms with E-state index in [0.29, 0.717) is 18.0 Å². The molecule has 0 bridgehead atoms. The van der Waals surface area contributed by atoms with Gasteiger partial charge in [0.1, 0.15) is 5.41 Å². The van der Waals surface area contributed by atoms with Gasteiger partial charge in [-0.1, -0.05) is 0 Å². The molecule has 0 saturated heterocycles. The van der Waals surface area contributed by atoms with Crippen LogP contribution in [-0.2, 0) is 17.6 Å². The van der Waals surface area contributed by atoms with Crippen molar-refractivity contribution in [1.82, 2.24) is 4.98 Å². The smallest absolute Gasteiger partial charge is 0.246 e. The molecule has 2 aliphatic rings. The van der Waals surface area contributed by atoms with Gasteiger partial charge >= 0.3 is 0 Å². The van der Waals surface area contributed by atoms with E-state index < -0.39 is 5.41 Å². The van der Waals surface area contributed by atoms with Gasteiger partial charge in [-0.2, -0.15) is 5.26 Å². The molecule has 0 aliphatic heterocycles. The number of aromatic nitrogens is 1. The van der Waals surface area contributed by atoms with Gasteiger partial charge in [-0.25, -0.2) is 4.98 Å². The fourth-order valence-electron chi connectivity index (χ4n) is 2.14. The number of hydrogen-bond acceptors (Lipinski definition) is 4. The Bertz CT molecular complexity index is 487. The van der Waals surface area contributed by atoms with Gasteiger partial charge in [0.05, 0.1) is 11.8 Å². The quantitative estimate of drug-likeness (QED) is 0.871. The summed E-state index contributed by atoms with van der Waals surface area (Å²) < 4.78 is 0. The molecule has 0 aromatic carbocycles. The number of amides is 1. The lowest BCUT2D eigenvalue weighted by Crippen LogP contribution is -2.22. The number of anilines is 1. The predicted octanol–water partition coefficient (Wildman–Crippen LogP) is 2.26. The monoisotopic (exact) mass is 247 g/mol. The topological polar surface area (TPSA) is 65.8 Å². The molecule has 0 unspecified atom stereocenters. The number of nitriles is 1. The van der Waals surface area contributed by atoms with Crippen molar-refractivity contribution in [3.05, 3.63) is 10.6 Å². The summed E-state index contributed by atoms with van der Waals surface area (Å²) in [4.78, 5) is 17.6. The fourth-order valence-corrected chi connectivity index (χ4v) is 3.18. The number of rotatable bonds is 2. The van der Waals surface area contributed by atoms with Crippen LogP contribution >= 0.6 is 11.3 Å². The molecule has 1 amide bonds. The number of thiazole rings is 1. The second kappa shape index (κ2) is 3.81. The van der Waals surface area contributed by atoms with Crippen LogP contribution < -0.4 is 5.32 Å². The zero-order valence-corrected chi connectivity index (χ0v) is 10.3. The predicted molar refractivity (Wildman–Crippen MR) is 64.7 cm³/mol. The van der Waals surface area contributed by atoms with Crippen molar-refractivity contribution in [3.63, 3.8) is 0 Å². The molecule has 0 spiro atoms. The summed E-state index contributed by atoms with van der Waals surface area (Å²) in [6, 6.07) is 2.10. The lowest BCUT2D eigenvalue weighted by molar-refractivity contribution is -0.119. The Hall–Kier alpha value is -1.41. The van der Waals surface area contributed by atoms with E-state index in [-0.39, 0.29) is 5.91 Å². The van der Waals surface area contributed by atoms with E-state index in [0.717, 1.165) is 18.5 Å². The summed E-state index contributed by atoms with van der Waals surface area (Å²) in [5.41, 5.74) is 0.380. The zero-order chi connectivity index (χ0) is 11.9. The third-order valence-corrected chi connectivity index (χ3v) is 4.54. The van der Waals surface area contributed by atoms with E-state index in [1.54, 1.807) is 11.3 Å². The summed E-state index contributed by atoms with van der Waals surface area (Å²) in [5, 5.41) is 12.4. The van der Waals surface area contributed by atoms with E-state index in [2.05, 4.69) is 16.4 Å². The third kappa shape index (κ3) is 1.83. The normalized spacial score (nSPS) is 20.2. The number of fused-ring (bicyclic) bond motifs is 1. The van der Waals surface area contributed by atoms with E-state index in [1.165, 1.54) is 17.7 Å². The molecular weight excluding hydrogens is 234 g/mol. The highest BCUT2D eigenvalue weighted by Gasteiger charge is 2.50. The Kier molecular flexibility index (Phi) is 2.40.